The monoisotopic (exact) mass is 361 g/mol. The van der Waals surface area contributed by atoms with Crippen molar-refractivity contribution in [3.05, 3.63) is 29.8 Å². The van der Waals surface area contributed by atoms with Gasteiger partial charge in [0, 0.05) is 20.1 Å². The van der Waals surface area contributed by atoms with Crippen molar-refractivity contribution in [1.82, 2.24) is 10.2 Å². The van der Waals surface area contributed by atoms with E-state index in [1.165, 1.54) is 12.7 Å². The van der Waals surface area contributed by atoms with E-state index in [9.17, 15) is 4.79 Å². The van der Waals surface area contributed by atoms with Crippen LogP contribution < -0.4 is 10.1 Å². The zero-order valence-corrected chi connectivity index (χ0v) is 16.5. The molecule has 0 radical (unpaired) electrons. The number of carbonyl (C=O) groups excluding carboxylic acids is 1. The normalized spacial score (nSPS) is 20.4. The number of likely N-dealkylation sites (tertiary alicyclic amines) is 1. The Morgan fingerprint density at radius 2 is 2.08 bits per heavy atom. The maximum absolute atomic E-state index is 11.9. The van der Waals surface area contributed by atoms with Crippen LogP contribution in [0.15, 0.2) is 29.3 Å². The molecule has 1 aromatic carbocycles. The quantitative estimate of drug-likeness (QED) is 0.365. The Morgan fingerprint density at radius 1 is 1.35 bits per heavy atom. The number of hydrogen-bond acceptors (Lipinski definition) is 4. The first-order valence-corrected chi connectivity index (χ1v) is 9.23. The number of guanidine groups is 1. The van der Waals surface area contributed by atoms with Crippen molar-refractivity contribution in [3.8, 4) is 5.75 Å². The molecule has 1 aliphatic heterocycles. The van der Waals surface area contributed by atoms with E-state index in [0.717, 1.165) is 18.3 Å². The van der Waals surface area contributed by atoms with Crippen molar-refractivity contribution in [2.24, 2.45) is 16.8 Å². The van der Waals surface area contributed by atoms with E-state index in [1.54, 1.807) is 7.05 Å². The molecule has 6 heteroatoms. The van der Waals surface area contributed by atoms with Crippen LogP contribution in [0.2, 0.25) is 0 Å². The van der Waals surface area contributed by atoms with Crippen molar-refractivity contribution in [1.29, 1.82) is 0 Å². The molecular weight excluding hydrogens is 330 g/mol. The second-order valence-electron chi connectivity index (χ2n) is 7.03. The summed E-state index contributed by atoms with van der Waals surface area (Å²) in [4.78, 5) is 18.3. The van der Waals surface area contributed by atoms with Gasteiger partial charge in [0.2, 0.25) is 0 Å². The lowest BCUT2D eigenvalue weighted by Crippen LogP contribution is -2.42. The summed E-state index contributed by atoms with van der Waals surface area (Å²) in [7, 11) is 3.20. The van der Waals surface area contributed by atoms with E-state index in [4.69, 9.17) is 9.47 Å². The topological polar surface area (TPSA) is 63.2 Å². The lowest BCUT2D eigenvalue weighted by Gasteiger charge is -2.22. The van der Waals surface area contributed by atoms with Gasteiger partial charge in [0.25, 0.3) is 0 Å². The number of esters is 1. The van der Waals surface area contributed by atoms with Crippen LogP contribution in [0.1, 0.15) is 32.3 Å². The second kappa shape index (κ2) is 9.46. The third-order valence-corrected chi connectivity index (χ3v) is 4.81. The van der Waals surface area contributed by atoms with E-state index >= 15 is 0 Å². The summed E-state index contributed by atoms with van der Waals surface area (Å²) >= 11 is 0. The molecule has 1 aliphatic rings. The standard InChI is InChI=1S/C20H31N3O3/c1-14(2)16-8-6-7-9-18(16)26-11-10-22-20(21-4)23-12-15(3)17(13-23)19(24)25-5/h6-9,14-15,17H,10-13H2,1-5H3,(H,21,22). The Bertz CT molecular complexity index is 630. The van der Waals surface area contributed by atoms with Gasteiger partial charge in [-0.25, -0.2) is 0 Å². The van der Waals surface area contributed by atoms with E-state index in [0.29, 0.717) is 25.6 Å². The lowest BCUT2D eigenvalue weighted by molar-refractivity contribution is -0.145. The summed E-state index contributed by atoms with van der Waals surface area (Å²) < 4.78 is 10.8. The minimum absolute atomic E-state index is 0.104. The van der Waals surface area contributed by atoms with E-state index in [2.05, 4.69) is 42.0 Å². The van der Waals surface area contributed by atoms with Crippen molar-refractivity contribution >= 4 is 11.9 Å². The van der Waals surface area contributed by atoms with Gasteiger partial charge in [-0.05, 0) is 23.5 Å². The first kappa shape index (κ1) is 20.1. The fourth-order valence-corrected chi connectivity index (χ4v) is 3.34. The molecule has 0 bridgehead atoms. The Labute approximate surface area is 156 Å². The minimum Gasteiger partial charge on any atom is -0.491 e. The average Bonchev–Trinajstić information content (AvgIpc) is 3.02. The van der Waals surface area contributed by atoms with Gasteiger partial charge >= 0.3 is 5.97 Å². The average molecular weight is 361 g/mol. The number of para-hydroxylation sites is 1. The Morgan fingerprint density at radius 3 is 2.73 bits per heavy atom. The molecule has 2 unspecified atom stereocenters. The molecule has 1 saturated heterocycles. The molecule has 0 aliphatic carbocycles. The smallest absolute Gasteiger partial charge is 0.310 e. The molecule has 0 saturated carbocycles. The second-order valence-corrected chi connectivity index (χ2v) is 7.03. The molecular formula is C20H31N3O3. The van der Waals surface area contributed by atoms with Crippen molar-refractivity contribution in [2.45, 2.75) is 26.7 Å². The molecule has 1 fully saturated rings. The predicted molar refractivity (Wildman–Crippen MR) is 104 cm³/mol. The van der Waals surface area contributed by atoms with Crippen molar-refractivity contribution in [3.63, 3.8) is 0 Å². The molecule has 1 N–H and O–H groups in total. The van der Waals surface area contributed by atoms with Gasteiger partial charge in [-0.2, -0.15) is 0 Å². The molecule has 1 heterocycles. The number of nitrogens with zero attached hydrogens (tertiary/aromatic N) is 2. The van der Waals surface area contributed by atoms with Gasteiger partial charge in [0.15, 0.2) is 5.96 Å². The minimum atomic E-state index is -0.149. The zero-order valence-electron chi connectivity index (χ0n) is 16.5. The Hall–Kier alpha value is -2.24. The maximum atomic E-state index is 11.9. The van der Waals surface area contributed by atoms with Crippen LogP contribution >= 0.6 is 0 Å². The SMILES string of the molecule is CN=C(NCCOc1ccccc1C(C)C)N1CC(C)C(C(=O)OC)C1. The Kier molecular flexibility index (Phi) is 7.30. The fourth-order valence-electron chi connectivity index (χ4n) is 3.34. The van der Waals surface area contributed by atoms with Gasteiger partial charge in [-0.1, -0.05) is 39.0 Å². The largest absolute Gasteiger partial charge is 0.491 e. The number of hydrogen-bond donors (Lipinski definition) is 1. The van der Waals surface area contributed by atoms with Crippen LogP contribution in [0.4, 0.5) is 0 Å². The van der Waals surface area contributed by atoms with E-state index < -0.39 is 0 Å². The van der Waals surface area contributed by atoms with E-state index in [-0.39, 0.29) is 17.8 Å². The molecule has 6 nitrogen and oxygen atoms in total. The number of aliphatic imine (C=N–C) groups is 1. The number of carbonyl (C=O) groups is 1. The molecule has 0 aromatic heterocycles. The zero-order chi connectivity index (χ0) is 19.1. The summed E-state index contributed by atoms with van der Waals surface area (Å²) in [6.45, 7) is 9.00. The van der Waals surface area contributed by atoms with Crippen LogP contribution in [-0.4, -0.2) is 57.2 Å². The third-order valence-electron chi connectivity index (χ3n) is 4.81. The van der Waals surface area contributed by atoms with Gasteiger partial charge in [-0.15, -0.1) is 0 Å². The molecule has 0 spiro atoms. The summed E-state index contributed by atoms with van der Waals surface area (Å²) in [5.74, 6) is 2.14. The first-order valence-electron chi connectivity index (χ1n) is 9.23. The molecule has 0 amide bonds. The maximum Gasteiger partial charge on any atom is 0.310 e. The lowest BCUT2D eigenvalue weighted by atomic mass is 9.99. The highest BCUT2D eigenvalue weighted by atomic mass is 16.5. The van der Waals surface area contributed by atoms with Crippen LogP contribution in [0.5, 0.6) is 5.75 Å². The van der Waals surface area contributed by atoms with Crippen LogP contribution in [0, 0.1) is 11.8 Å². The number of rotatable bonds is 6. The highest BCUT2D eigenvalue weighted by Gasteiger charge is 2.36. The first-order chi connectivity index (χ1) is 12.5. The summed E-state index contributed by atoms with van der Waals surface area (Å²) in [5, 5.41) is 3.33. The van der Waals surface area contributed by atoms with Gasteiger partial charge in [0.1, 0.15) is 12.4 Å². The summed E-state index contributed by atoms with van der Waals surface area (Å²) in [5.41, 5.74) is 1.21. The van der Waals surface area contributed by atoms with Crippen LogP contribution in [0.3, 0.4) is 0 Å². The Balaban J connectivity index is 1.84. The number of nitrogens with one attached hydrogen (secondary N) is 1. The summed E-state index contributed by atoms with van der Waals surface area (Å²) in [6.07, 6.45) is 0. The molecule has 2 atom stereocenters. The van der Waals surface area contributed by atoms with Crippen molar-refractivity contribution < 1.29 is 14.3 Å². The summed E-state index contributed by atoms with van der Waals surface area (Å²) in [6, 6.07) is 8.14. The number of ether oxygens (including phenoxy) is 2. The molecule has 1 aromatic rings. The highest BCUT2D eigenvalue weighted by Crippen LogP contribution is 2.26. The molecule has 2 rings (SSSR count). The number of methoxy groups -OCH3 is 1. The molecule has 144 valence electrons. The van der Waals surface area contributed by atoms with E-state index in [1.807, 2.05) is 18.2 Å². The highest BCUT2D eigenvalue weighted by molar-refractivity contribution is 5.82. The van der Waals surface area contributed by atoms with Crippen LogP contribution in [0.25, 0.3) is 0 Å². The van der Waals surface area contributed by atoms with Gasteiger partial charge in [0.05, 0.1) is 19.6 Å². The van der Waals surface area contributed by atoms with Crippen LogP contribution in [-0.2, 0) is 9.53 Å². The van der Waals surface area contributed by atoms with Crippen molar-refractivity contribution in [2.75, 3.05) is 40.4 Å². The number of benzene rings is 1. The third kappa shape index (κ3) is 4.90. The predicted octanol–water partition coefficient (Wildman–Crippen LogP) is 2.51. The van der Waals surface area contributed by atoms with Gasteiger partial charge < -0.3 is 19.7 Å². The van der Waals surface area contributed by atoms with Gasteiger partial charge in [-0.3, -0.25) is 9.79 Å². The molecule has 26 heavy (non-hydrogen) atoms. The fraction of sp³-hybridized carbons (Fsp3) is 0.600.